The third-order valence-electron chi connectivity index (χ3n) is 5.04. The highest BCUT2D eigenvalue weighted by Crippen LogP contribution is 2.27. The lowest BCUT2D eigenvalue weighted by molar-refractivity contribution is -0.123. The Hall–Kier alpha value is -3.06. The number of hydrogen-bond donors (Lipinski definition) is 2. The van der Waals surface area contributed by atoms with Crippen LogP contribution in [0.1, 0.15) is 54.1 Å². The molecule has 1 heterocycles. The zero-order valence-corrected chi connectivity index (χ0v) is 18.3. The van der Waals surface area contributed by atoms with Crippen molar-refractivity contribution in [2.75, 3.05) is 19.8 Å². The smallest absolute Gasteiger partial charge is 0.276 e. The lowest BCUT2D eigenvalue weighted by Crippen LogP contribution is -2.43. The molecule has 1 atom stereocenters. The highest BCUT2D eigenvalue weighted by atomic mass is 16.5. The van der Waals surface area contributed by atoms with Gasteiger partial charge in [0.15, 0.2) is 6.61 Å². The number of aryl methyl sites for hydroxylation is 1. The Balaban J connectivity index is 1.43. The summed E-state index contributed by atoms with van der Waals surface area (Å²) in [6.07, 6.45) is 2.21. The molecule has 0 bridgehead atoms. The lowest BCUT2D eigenvalue weighted by Gasteiger charge is -2.15. The van der Waals surface area contributed by atoms with Gasteiger partial charge in [0.2, 0.25) is 0 Å². The molecule has 1 aliphatic rings. The fourth-order valence-corrected chi connectivity index (χ4v) is 3.29. The predicted octanol–water partition coefficient (Wildman–Crippen LogP) is 3.52. The average Bonchev–Trinajstić information content (AvgIpc) is 3.28. The van der Waals surface area contributed by atoms with Gasteiger partial charge in [-0.1, -0.05) is 26.0 Å². The van der Waals surface area contributed by atoms with Gasteiger partial charge in [0.1, 0.15) is 18.1 Å². The number of hydrogen-bond acceptors (Lipinski definition) is 5. The van der Waals surface area contributed by atoms with Crippen molar-refractivity contribution in [3.8, 4) is 11.5 Å². The Morgan fingerprint density at radius 3 is 2.55 bits per heavy atom. The van der Waals surface area contributed by atoms with Crippen LogP contribution < -0.4 is 20.3 Å². The van der Waals surface area contributed by atoms with E-state index in [-0.39, 0.29) is 18.6 Å². The van der Waals surface area contributed by atoms with Crippen LogP contribution in [-0.4, -0.2) is 37.7 Å². The topological polar surface area (TPSA) is 85.9 Å². The third kappa shape index (κ3) is 6.72. The third-order valence-corrected chi connectivity index (χ3v) is 5.04. The van der Waals surface area contributed by atoms with Crippen LogP contribution in [0.5, 0.6) is 11.5 Å². The second-order valence-corrected chi connectivity index (χ2v) is 7.96. The molecule has 2 aromatic carbocycles. The minimum atomic E-state index is -0.443. The van der Waals surface area contributed by atoms with Crippen LogP contribution >= 0.6 is 0 Å². The van der Waals surface area contributed by atoms with Gasteiger partial charge in [-0.2, -0.15) is 0 Å². The summed E-state index contributed by atoms with van der Waals surface area (Å²) >= 11 is 0. The molecule has 0 aromatic heterocycles. The summed E-state index contributed by atoms with van der Waals surface area (Å²) in [5.41, 5.74) is 7.27. The molecule has 2 amide bonds. The molecule has 166 valence electrons. The quantitative estimate of drug-likeness (QED) is 0.631. The highest BCUT2D eigenvalue weighted by molar-refractivity contribution is 5.95. The molecule has 31 heavy (non-hydrogen) atoms. The van der Waals surface area contributed by atoms with E-state index in [2.05, 4.69) is 24.7 Å². The summed E-state index contributed by atoms with van der Waals surface area (Å²) in [7, 11) is 0. The number of benzene rings is 2. The van der Waals surface area contributed by atoms with Gasteiger partial charge < -0.3 is 14.2 Å². The Morgan fingerprint density at radius 1 is 1.10 bits per heavy atom. The fraction of sp³-hybridized carbons (Fsp3) is 0.417. The summed E-state index contributed by atoms with van der Waals surface area (Å²) in [6.45, 7) is 7.19. The number of rotatable bonds is 8. The maximum absolute atomic E-state index is 12.3. The van der Waals surface area contributed by atoms with Crippen molar-refractivity contribution < 1.29 is 23.8 Å². The Kier molecular flexibility index (Phi) is 7.89. The van der Waals surface area contributed by atoms with Gasteiger partial charge >= 0.3 is 0 Å². The summed E-state index contributed by atoms with van der Waals surface area (Å²) < 4.78 is 16.9. The monoisotopic (exact) mass is 426 g/mol. The Bertz CT molecular complexity index is 889. The van der Waals surface area contributed by atoms with Crippen LogP contribution in [0.15, 0.2) is 42.5 Å². The summed E-state index contributed by atoms with van der Waals surface area (Å²) in [6, 6.07) is 12.7. The SMILES string of the molecule is Cc1ccc(C(C)C)c(OCC(=O)NNC(=O)c2ccc(OC[C@@H]3CCCO3)cc2)c1. The van der Waals surface area contributed by atoms with Gasteiger partial charge in [-0.25, -0.2) is 0 Å². The second kappa shape index (κ2) is 10.8. The van der Waals surface area contributed by atoms with E-state index < -0.39 is 11.8 Å². The predicted molar refractivity (Wildman–Crippen MR) is 117 cm³/mol. The van der Waals surface area contributed by atoms with E-state index in [4.69, 9.17) is 14.2 Å². The van der Waals surface area contributed by atoms with E-state index in [1.165, 1.54) is 0 Å². The molecule has 0 saturated carbocycles. The molecule has 2 N–H and O–H groups in total. The molecule has 0 aliphatic carbocycles. The van der Waals surface area contributed by atoms with E-state index in [1.807, 2.05) is 25.1 Å². The molecular weight excluding hydrogens is 396 g/mol. The normalized spacial score (nSPS) is 15.5. The first-order chi connectivity index (χ1) is 14.9. The standard InChI is InChI=1S/C24H30N2O5/c1-16(2)21-11-6-17(3)13-22(21)31-15-23(27)25-26-24(28)18-7-9-19(10-8-18)30-14-20-5-4-12-29-20/h6-11,13,16,20H,4-5,12,14-15H2,1-3H3,(H,25,27)(H,26,28)/t20-/m0/s1. The summed E-state index contributed by atoms with van der Waals surface area (Å²) in [5.74, 6) is 0.758. The maximum Gasteiger partial charge on any atom is 0.276 e. The second-order valence-electron chi connectivity index (χ2n) is 7.96. The van der Waals surface area contributed by atoms with Crippen LogP contribution in [0, 0.1) is 6.92 Å². The minimum absolute atomic E-state index is 0.136. The highest BCUT2D eigenvalue weighted by Gasteiger charge is 2.16. The molecule has 0 unspecified atom stereocenters. The molecule has 1 saturated heterocycles. The van der Waals surface area contributed by atoms with Gasteiger partial charge in [-0.15, -0.1) is 0 Å². The average molecular weight is 427 g/mol. The molecular formula is C24H30N2O5. The van der Waals surface area contributed by atoms with E-state index in [0.717, 1.165) is 30.6 Å². The Morgan fingerprint density at radius 2 is 1.87 bits per heavy atom. The fourth-order valence-electron chi connectivity index (χ4n) is 3.29. The number of carbonyl (C=O) groups is 2. The number of nitrogens with one attached hydrogen (secondary N) is 2. The van der Waals surface area contributed by atoms with Crippen molar-refractivity contribution in [2.45, 2.75) is 45.6 Å². The number of amides is 2. The molecule has 7 nitrogen and oxygen atoms in total. The van der Waals surface area contributed by atoms with Gasteiger partial charge in [0.25, 0.3) is 11.8 Å². The van der Waals surface area contributed by atoms with Crippen LogP contribution in [-0.2, 0) is 9.53 Å². The number of carbonyl (C=O) groups excluding carboxylic acids is 2. The van der Waals surface area contributed by atoms with E-state index in [0.29, 0.717) is 23.7 Å². The van der Waals surface area contributed by atoms with Gasteiger partial charge in [0.05, 0.1) is 6.10 Å². The van der Waals surface area contributed by atoms with Crippen molar-refractivity contribution in [3.05, 3.63) is 59.2 Å². The molecule has 0 radical (unpaired) electrons. The maximum atomic E-state index is 12.3. The molecule has 3 rings (SSSR count). The van der Waals surface area contributed by atoms with Crippen molar-refractivity contribution >= 4 is 11.8 Å². The first-order valence-electron chi connectivity index (χ1n) is 10.6. The van der Waals surface area contributed by atoms with Crippen molar-refractivity contribution in [2.24, 2.45) is 0 Å². The minimum Gasteiger partial charge on any atom is -0.491 e. The first kappa shape index (κ1) is 22.6. The largest absolute Gasteiger partial charge is 0.491 e. The van der Waals surface area contributed by atoms with Crippen LogP contribution in [0.3, 0.4) is 0 Å². The summed E-state index contributed by atoms with van der Waals surface area (Å²) in [5, 5.41) is 0. The lowest BCUT2D eigenvalue weighted by atomic mass is 10.0. The first-order valence-corrected chi connectivity index (χ1v) is 10.6. The van der Waals surface area contributed by atoms with E-state index in [1.54, 1.807) is 24.3 Å². The molecule has 1 fully saturated rings. The number of ether oxygens (including phenoxy) is 3. The molecule has 2 aromatic rings. The van der Waals surface area contributed by atoms with Gasteiger partial charge in [0, 0.05) is 12.2 Å². The van der Waals surface area contributed by atoms with Gasteiger partial charge in [-0.05, 0) is 67.1 Å². The molecule has 1 aliphatic heterocycles. The van der Waals surface area contributed by atoms with Crippen molar-refractivity contribution in [1.29, 1.82) is 0 Å². The molecule has 0 spiro atoms. The number of hydrazine groups is 1. The van der Waals surface area contributed by atoms with Crippen LogP contribution in [0.2, 0.25) is 0 Å². The van der Waals surface area contributed by atoms with Crippen LogP contribution in [0.4, 0.5) is 0 Å². The van der Waals surface area contributed by atoms with Crippen molar-refractivity contribution in [3.63, 3.8) is 0 Å². The Labute approximate surface area is 183 Å². The summed E-state index contributed by atoms with van der Waals surface area (Å²) in [4.78, 5) is 24.4. The van der Waals surface area contributed by atoms with E-state index in [9.17, 15) is 9.59 Å². The zero-order valence-electron chi connectivity index (χ0n) is 18.3. The van der Waals surface area contributed by atoms with Crippen molar-refractivity contribution in [1.82, 2.24) is 10.9 Å². The van der Waals surface area contributed by atoms with E-state index >= 15 is 0 Å². The zero-order chi connectivity index (χ0) is 22.2. The molecule has 7 heteroatoms. The van der Waals surface area contributed by atoms with Crippen LogP contribution in [0.25, 0.3) is 0 Å². The van der Waals surface area contributed by atoms with Gasteiger partial charge in [-0.3, -0.25) is 20.4 Å².